The molecule has 1 rings (SSSR count). The van der Waals surface area contributed by atoms with Gasteiger partial charge in [0, 0.05) is 25.0 Å². The Labute approximate surface area is 74.0 Å². The first kappa shape index (κ1) is 9.20. The molecular weight excluding hydrogens is 148 g/mol. The maximum Gasteiger partial charge on any atom is 0.0271 e. The largest absolute Gasteiger partial charge is 0.310 e. The lowest BCUT2D eigenvalue weighted by atomic mass is 10.2. The molecule has 1 atom stereocenters. The molecule has 0 radical (unpaired) electrons. The van der Waals surface area contributed by atoms with Crippen molar-refractivity contribution in [2.75, 3.05) is 0 Å². The minimum atomic E-state index is 0.596. The lowest BCUT2D eigenvalue weighted by Gasteiger charge is -2.10. The van der Waals surface area contributed by atoms with Crippen molar-refractivity contribution in [3.8, 4) is 0 Å². The van der Waals surface area contributed by atoms with Gasteiger partial charge in [0.05, 0.1) is 0 Å². The Morgan fingerprint density at radius 1 is 1.42 bits per heavy atom. The van der Waals surface area contributed by atoms with E-state index in [-0.39, 0.29) is 0 Å². The van der Waals surface area contributed by atoms with Gasteiger partial charge in [-0.3, -0.25) is 4.98 Å². The van der Waals surface area contributed by atoms with E-state index in [1.54, 1.807) is 0 Å². The maximum absolute atomic E-state index is 3.96. The zero-order chi connectivity index (χ0) is 8.81. The van der Waals surface area contributed by atoms with Gasteiger partial charge < -0.3 is 5.32 Å². The van der Waals surface area contributed by atoms with Crippen LogP contribution in [0.5, 0.6) is 0 Å². The van der Waals surface area contributed by atoms with Gasteiger partial charge >= 0.3 is 0 Å². The van der Waals surface area contributed by atoms with Gasteiger partial charge in [0.1, 0.15) is 0 Å². The second-order valence-corrected chi connectivity index (χ2v) is 3.05. The highest BCUT2D eigenvalue weighted by molar-refractivity contribution is 5.09. The molecule has 0 aromatic carbocycles. The lowest BCUT2D eigenvalue weighted by Crippen LogP contribution is -2.24. The SMILES string of the molecule is CCC(C)NCc1ccncc1. The van der Waals surface area contributed by atoms with Crippen LogP contribution in [0.4, 0.5) is 0 Å². The van der Waals surface area contributed by atoms with Gasteiger partial charge in [0.15, 0.2) is 0 Å². The van der Waals surface area contributed by atoms with Crippen LogP contribution in [0.15, 0.2) is 24.5 Å². The van der Waals surface area contributed by atoms with Crippen molar-refractivity contribution < 1.29 is 0 Å². The third-order valence-corrected chi connectivity index (χ3v) is 2.02. The monoisotopic (exact) mass is 164 g/mol. The molecule has 0 fully saturated rings. The molecule has 0 bridgehead atoms. The van der Waals surface area contributed by atoms with E-state index >= 15 is 0 Å². The fraction of sp³-hybridized carbons (Fsp3) is 0.500. The minimum Gasteiger partial charge on any atom is -0.310 e. The normalized spacial score (nSPS) is 12.8. The molecule has 0 aliphatic heterocycles. The predicted molar refractivity (Wildman–Crippen MR) is 50.8 cm³/mol. The summed E-state index contributed by atoms with van der Waals surface area (Å²) in [5.74, 6) is 0. The Morgan fingerprint density at radius 2 is 2.08 bits per heavy atom. The highest BCUT2D eigenvalue weighted by Gasteiger charge is 1.96. The number of nitrogens with zero attached hydrogens (tertiary/aromatic N) is 1. The number of hydrogen-bond donors (Lipinski definition) is 1. The minimum absolute atomic E-state index is 0.596. The molecule has 1 unspecified atom stereocenters. The fourth-order valence-electron chi connectivity index (χ4n) is 0.937. The Morgan fingerprint density at radius 3 is 2.67 bits per heavy atom. The molecule has 66 valence electrons. The number of rotatable bonds is 4. The lowest BCUT2D eigenvalue weighted by molar-refractivity contribution is 0.534. The zero-order valence-corrected chi connectivity index (χ0v) is 7.75. The van der Waals surface area contributed by atoms with Crippen molar-refractivity contribution >= 4 is 0 Å². The molecule has 0 saturated carbocycles. The first-order chi connectivity index (χ1) is 5.83. The molecule has 0 amide bonds. The molecule has 2 heteroatoms. The van der Waals surface area contributed by atoms with Gasteiger partial charge in [-0.25, -0.2) is 0 Å². The summed E-state index contributed by atoms with van der Waals surface area (Å²) >= 11 is 0. The Kier molecular flexibility index (Phi) is 3.74. The third kappa shape index (κ3) is 3.01. The summed E-state index contributed by atoms with van der Waals surface area (Å²) in [5.41, 5.74) is 1.30. The topological polar surface area (TPSA) is 24.9 Å². The molecule has 1 heterocycles. The van der Waals surface area contributed by atoms with Crippen molar-refractivity contribution in [1.29, 1.82) is 0 Å². The molecule has 1 aromatic rings. The van der Waals surface area contributed by atoms with Crippen LogP contribution in [-0.4, -0.2) is 11.0 Å². The van der Waals surface area contributed by atoms with Crippen LogP contribution in [0.1, 0.15) is 25.8 Å². The van der Waals surface area contributed by atoms with E-state index < -0.39 is 0 Å². The van der Waals surface area contributed by atoms with Crippen LogP contribution in [0, 0.1) is 0 Å². The first-order valence-electron chi connectivity index (χ1n) is 4.45. The van der Waals surface area contributed by atoms with E-state index in [9.17, 15) is 0 Å². The summed E-state index contributed by atoms with van der Waals surface area (Å²) in [4.78, 5) is 3.96. The third-order valence-electron chi connectivity index (χ3n) is 2.02. The Balaban J connectivity index is 2.33. The van der Waals surface area contributed by atoms with Crippen molar-refractivity contribution in [3.63, 3.8) is 0 Å². The molecule has 12 heavy (non-hydrogen) atoms. The number of hydrogen-bond acceptors (Lipinski definition) is 2. The smallest absolute Gasteiger partial charge is 0.0271 e. The molecule has 0 aliphatic carbocycles. The van der Waals surface area contributed by atoms with Gasteiger partial charge in [0.2, 0.25) is 0 Å². The van der Waals surface area contributed by atoms with Crippen LogP contribution in [0.25, 0.3) is 0 Å². The van der Waals surface area contributed by atoms with E-state index in [1.807, 2.05) is 24.5 Å². The summed E-state index contributed by atoms with van der Waals surface area (Å²) < 4.78 is 0. The quantitative estimate of drug-likeness (QED) is 0.736. The highest BCUT2D eigenvalue weighted by atomic mass is 14.9. The van der Waals surface area contributed by atoms with Crippen molar-refractivity contribution in [1.82, 2.24) is 10.3 Å². The van der Waals surface area contributed by atoms with E-state index in [4.69, 9.17) is 0 Å². The van der Waals surface area contributed by atoms with Crippen LogP contribution >= 0.6 is 0 Å². The molecule has 1 N–H and O–H groups in total. The molecular formula is C10H16N2. The van der Waals surface area contributed by atoms with Gasteiger partial charge in [-0.1, -0.05) is 6.92 Å². The van der Waals surface area contributed by atoms with E-state index in [1.165, 1.54) is 12.0 Å². The Bertz CT molecular complexity index is 208. The van der Waals surface area contributed by atoms with Crippen LogP contribution in [-0.2, 0) is 6.54 Å². The van der Waals surface area contributed by atoms with Crippen molar-refractivity contribution in [2.45, 2.75) is 32.9 Å². The predicted octanol–water partition coefficient (Wildman–Crippen LogP) is 1.97. The second-order valence-electron chi connectivity index (χ2n) is 3.05. The summed E-state index contributed by atoms with van der Waals surface area (Å²) in [6.07, 6.45) is 4.83. The van der Waals surface area contributed by atoms with E-state index in [0.29, 0.717) is 6.04 Å². The second kappa shape index (κ2) is 4.88. The van der Waals surface area contributed by atoms with Crippen molar-refractivity contribution in [3.05, 3.63) is 30.1 Å². The standard InChI is InChI=1S/C10H16N2/c1-3-9(2)12-8-10-4-6-11-7-5-10/h4-7,9,12H,3,8H2,1-2H3. The van der Waals surface area contributed by atoms with E-state index in [2.05, 4.69) is 24.1 Å². The van der Waals surface area contributed by atoms with Crippen molar-refractivity contribution in [2.24, 2.45) is 0 Å². The number of aromatic nitrogens is 1. The molecule has 0 saturated heterocycles. The molecule has 1 aromatic heterocycles. The number of pyridine rings is 1. The average molecular weight is 164 g/mol. The summed E-state index contributed by atoms with van der Waals surface area (Å²) in [5, 5.41) is 3.42. The van der Waals surface area contributed by atoms with Crippen LogP contribution in [0.2, 0.25) is 0 Å². The molecule has 0 aliphatic rings. The van der Waals surface area contributed by atoms with Crippen LogP contribution < -0.4 is 5.32 Å². The maximum atomic E-state index is 3.96. The van der Waals surface area contributed by atoms with Crippen LogP contribution in [0.3, 0.4) is 0 Å². The number of nitrogens with one attached hydrogen (secondary N) is 1. The van der Waals surface area contributed by atoms with Gasteiger partial charge in [0.25, 0.3) is 0 Å². The van der Waals surface area contributed by atoms with Gasteiger partial charge in [-0.15, -0.1) is 0 Å². The first-order valence-corrected chi connectivity index (χ1v) is 4.45. The zero-order valence-electron chi connectivity index (χ0n) is 7.75. The van der Waals surface area contributed by atoms with Gasteiger partial charge in [-0.05, 0) is 31.0 Å². The van der Waals surface area contributed by atoms with E-state index in [0.717, 1.165) is 6.54 Å². The van der Waals surface area contributed by atoms with Gasteiger partial charge in [-0.2, -0.15) is 0 Å². The Hall–Kier alpha value is -0.890. The fourth-order valence-corrected chi connectivity index (χ4v) is 0.937. The molecule has 0 spiro atoms. The summed E-state index contributed by atoms with van der Waals surface area (Å²) in [6, 6.07) is 4.67. The average Bonchev–Trinajstić information content (AvgIpc) is 2.16. The summed E-state index contributed by atoms with van der Waals surface area (Å²) in [6.45, 7) is 5.32. The highest BCUT2D eigenvalue weighted by Crippen LogP contribution is 1.97. The summed E-state index contributed by atoms with van der Waals surface area (Å²) in [7, 11) is 0. The molecule has 2 nitrogen and oxygen atoms in total.